The molecule has 0 bridgehead atoms. The van der Waals surface area contributed by atoms with Gasteiger partial charge in [-0.05, 0) is 29.8 Å². The number of carboxylic acids is 1. The van der Waals surface area contributed by atoms with Crippen LogP contribution >= 0.6 is 0 Å². The number of hydrogen-bond donors (Lipinski definition) is 1. The lowest BCUT2D eigenvalue weighted by molar-refractivity contribution is -0.131. The van der Waals surface area contributed by atoms with Crippen LogP contribution in [0.5, 0.6) is 5.75 Å². The van der Waals surface area contributed by atoms with E-state index in [0.717, 1.165) is 6.08 Å². The largest absolute Gasteiger partial charge is 0.496 e. The standard InChI is InChI=1S/C13H11N3O3/c1-19-12-6-4-10(3-2-8-15-16-14)9-11(12)5-7-13(17)18/h4-7,9H,8H2,1H3,(H,17,18)/b7-5+. The first-order valence-electron chi connectivity index (χ1n) is 5.26. The molecule has 1 rings (SSSR count). The highest BCUT2D eigenvalue weighted by Gasteiger charge is 2.01. The molecule has 1 aromatic carbocycles. The fourth-order valence-electron chi connectivity index (χ4n) is 1.31. The highest BCUT2D eigenvalue weighted by atomic mass is 16.5. The second-order valence-electron chi connectivity index (χ2n) is 3.32. The summed E-state index contributed by atoms with van der Waals surface area (Å²) >= 11 is 0. The Bertz CT molecular complexity index is 605. The monoisotopic (exact) mass is 257 g/mol. The fraction of sp³-hybridized carbons (Fsp3) is 0.154. The average Bonchev–Trinajstić information content (AvgIpc) is 2.41. The quantitative estimate of drug-likeness (QED) is 0.295. The topological polar surface area (TPSA) is 95.3 Å². The second-order valence-corrected chi connectivity index (χ2v) is 3.32. The summed E-state index contributed by atoms with van der Waals surface area (Å²) < 4.78 is 5.12. The predicted octanol–water partition coefficient (Wildman–Crippen LogP) is 2.45. The molecule has 1 N–H and O–H groups in total. The van der Waals surface area contributed by atoms with Crippen LogP contribution in [0.4, 0.5) is 0 Å². The molecular formula is C13H11N3O3. The first kappa shape index (κ1) is 14.2. The summed E-state index contributed by atoms with van der Waals surface area (Å²) in [5.74, 6) is 5.00. The van der Waals surface area contributed by atoms with Gasteiger partial charge < -0.3 is 9.84 Å². The van der Waals surface area contributed by atoms with Crippen molar-refractivity contribution in [1.82, 2.24) is 0 Å². The van der Waals surface area contributed by atoms with Gasteiger partial charge in [0.15, 0.2) is 0 Å². The van der Waals surface area contributed by atoms with E-state index in [1.807, 2.05) is 0 Å². The summed E-state index contributed by atoms with van der Waals surface area (Å²) in [5.41, 5.74) is 9.40. The van der Waals surface area contributed by atoms with Crippen molar-refractivity contribution in [2.45, 2.75) is 0 Å². The van der Waals surface area contributed by atoms with Crippen LogP contribution in [-0.4, -0.2) is 24.7 Å². The molecule has 0 unspecified atom stereocenters. The molecule has 0 radical (unpaired) electrons. The van der Waals surface area contributed by atoms with E-state index in [1.165, 1.54) is 13.2 Å². The molecule has 6 heteroatoms. The summed E-state index contributed by atoms with van der Waals surface area (Å²) in [6.07, 6.45) is 2.45. The molecule has 0 aliphatic rings. The van der Waals surface area contributed by atoms with Crippen molar-refractivity contribution in [3.63, 3.8) is 0 Å². The molecule has 19 heavy (non-hydrogen) atoms. The first-order chi connectivity index (χ1) is 9.17. The smallest absolute Gasteiger partial charge is 0.328 e. The Morgan fingerprint density at radius 2 is 2.42 bits per heavy atom. The maximum absolute atomic E-state index is 10.5. The van der Waals surface area contributed by atoms with Gasteiger partial charge in [-0.2, -0.15) is 0 Å². The van der Waals surface area contributed by atoms with E-state index < -0.39 is 5.97 Å². The summed E-state index contributed by atoms with van der Waals surface area (Å²) in [4.78, 5) is 13.1. The lowest BCUT2D eigenvalue weighted by Crippen LogP contribution is -1.90. The summed E-state index contributed by atoms with van der Waals surface area (Å²) in [5, 5.41) is 11.9. The highest BCUT2D eigenvalue weighted by molar-refractivity contribution is 5.86. The fourth-order valence-corrected chi connectivity index (χ4v) is 1.31. The summed E-state index contributed by atoms with van der Waals surface area (Å²) in [6.45, 7) is 0.0861. The van der Waals surface area contributed by atoms with Crippen LogP contribution in [0.15, 0.2) is 29.4 Å². The van der Waals surface area contributed by atoms with Crippen molar-refractivity contribution in [2.24, 2.45) is 5.11 Å². The zero-order valence-corrected chi connectivity index (χ0v) is 10.2. The Labute approximate surface area is 109 Å². The maximum Gasteiger partial charge on any atom is 0.328 e. The number of methoxy groups -OCH3 is 1. The minimum atomic E-state index is -1.04. The Balaban J connectivity index is 3.02. The average molecular weight is 257 g/mol. The van der Waals surface area contributed by atoms with Crippen LogP contribution in [0.25, 0.3) is 16.5 Å². The first-order valence-corrected chi connectivity index (χ1v) is 5.26. The zero-order valence-electron chi connectivity index (χ0n) is 10.2. The number of carbonyl (C=O) groups is 1. The molecule has 0 aromatic heterocycles. The number of aliphatic carboxylic acids is 1. The molecule has 0 saturated heterocycles. The molecular weight excluding hydrogens is 246 g/mol. The van der Waals surface area contributed by atoms with Crippen molar-refractivity contribution in [2.75, 3.05) is 13.7 Å². The summed E-state index contributed by atoms with van der Waals surface area (Å²) in [6, 6.07) is 5.13. The van der Waals surface area contributed by atoms with Gasteiger partial charge in [0.25, 0.3) is 0 Å². The zero-order chi connectivity index (χ0) is 14.1. The maximum atomic E-state index is 10.5. The van der Waals surface area contributed by atoms with E-state index in [9.17, 15) is 4.79 Å². The summed E-state index contributed by atoms with van der Waals surface area (Å²) in [7, 11) is 1.50. The van der Waals surface area contributed by atoms with Crippen LogP contribution in [0.1, 0.15) is 11.1 Å². The number of azide groups is 1. The molecule has 6 nitrogen and oxygen atoms in total. The Kier molecular flexibility index (Phi) is 5.54. The second kappa shape index (κ2) is 7.43. The third kappa shape index (κ3) is 4.86. The van der Waals surface area contributed by atoms with Gasteiger partial charge in [0.2, 0.25) is 0 Å². The van der Waals surface area contributed by atoms with Gasteiger partial charge in [0.05, 0.1) is 13.7 Å². The van der Waals surface area contributed by atoms with E-state index >= 15 is 0 Å². The number of rotatable bonds is 4. The van der Waals surface area contributed by atoms with Crippen LogP contribution in [-0.2, 0) is 4.79 Å². The lowest BCUT2D eigenvalue weighted by atomic mass is 10.1. The van der Waals surface area contributed by atoms with Crippen LogP contribution in [0.3, 0.4) is 0 Å². The molecule has 96 valence electrons. The number of nitrogens with zero attached hydrogens (tertiary/aromatic N) is 3. The minimum absolute atomic E-state index is 0.0861. The third-order valence-electron chi connectivity index (χ3n) is 2.08. The molecule has 0 saturated carbocycles. The Hall–Kier alpha value is -2.90. The van der Waals surface area contributed by atoms with Crippen molar-refractivity contribution in [1.29, 1.82) is 0 Å². The van der Waals surface area contributed by atoms with E-state index in [1.54, 1.807) is 18.2 Å². The minimum Gasteiger partial charge on any atom is -0.496 e. The number of ether oxygens (including phenoxy) is 1. The van der Waals surface area contributed by atoms with E-state index in [2.05, 4.69) is 21.9 Å². The van der Waals surface area contributed by atoms with E-state index in [-0.39, 0.29) is 6.54 Å². The van der Waals surface area contributed by atoms with Gasteiger partial charge in [-0.3, -0.25) is 0 Å². The van der Waals surface area contributed by atoms with Crippen molar-refractivity contribution in [3.8, 4) is 17.6 Å². The Morgan fingerprint density at radius 3 is 3.05 bits per heavy atom. The molecule has 0 spiro atoms. The molecule has 0 fully saturated rings. The van der Waals surface area contributed by atoms with Crippen LogP contribution in [0.2, 0.25) is 0 Å². The van der Waals surface area contributed by atoms with Crippen molar-refractivity contribution in [3.05, 3.63) is 45.8 Å². The number of carboxylic acid groups (broad SMARTS) is 1. The van der Waals surface area contributed by atoms with Crippen molar-refractivity contribution >= 4 is 12.0 Å². The molecule has 0 heterocycles. The van der Waals surface area contributed by atoms with E-state index in [0.29, 0.717) is 16.9 Å². The highest BCUT2D eigenvalue weighted by Crippen LogP contribution is 2.20. The number of benzene rings is 1. The molecule has 0 amide bonds. The van der Waals surface area contributed by atoms with Crippen LogP contribution in [0, 0.1) is 11.8 Å². The molecule has 1 aromatic rings. The molecule has 0 aliphatic heterocycles. The van der Waals surface area contributed by atoms with Crippen LogP contribution < -0.4 is 4.74 Å². The normalized spacial score (nSPS) is 9.32. The van der Waals surface area contributed by atoms with Gasteiger partial charge in [0.1, 0.15) is 5.75 Å². The Morgan fingerprint density at radius 1 is 1.63 bits per heavy atom. The third-order valence-corrected chi connectivity index (χ3v) is 2.08. The van der Waals surface area contributed by atoms with Gasteiger partial charge >= 0.3 is 5.97 Å². The van der Waals surface area contributed by atoms with Gasteiger partial charge in [-0.15, -0.1) is 0 Å². The molecule has 0 atom stereocenters. The lowest BCUT2D eigenvalue weighted by Gasteiger charge is -2.04. The molecule has 0 aliphatic carbocycles. The number of hydrogen-bond acceptors (Lipinski definition) is 3. The van der Waals surface area contributed by atoms with Gasteiger partial charge in [-0.1, -0.05) is 17.0 Å². The SMILES string of the molecule is COc1ccc(C#CCN=[N+]=[N-])cc1/C=C/C(=O)O. The van der Waals surface area contributed by atoms with Gasteiger partial charge in [0, 0.05) is 22.1 Å². The van der Waals surface area contributed by atoms with E-state index in [4.69, 9.17) is 15.4 Å². The van der Waals surface area contributed by atoms with Crippen molar-refractivity contribution < 1.29 is 14.6 Å². The van der Waals surface area contributed by atoms with Gasteiger partial charge in [-0.25, -0.2) is 4.79 Å². The predicted molar refractivity (Wildman–Crippen MR) is 70.6 cm³/mol.